The summed E-state index contributed by atoms with van der Waals surface area (Å²) < 4.78 is 15.8. The van der Waals surface area contributed by atoms with E-state index in [4.69, 9.17) is 14.3 Å². The van der Waals surface area contributed by atoms with Gasteiger partial charge < -0.3 is 9.79 Å². The molecule has 92 valence electrons. The molecule has 15 heavy (non-hydrogen) atoms. The van der Waals surface area contributed by atoms with Crippen molar-refractivity contribution < 1.29 is 18.9 Å². The third-order valence-corrected chi connectivity index (χ3v) is 3.46. The molecule has 0 aromatic rings. The van der Waals surface area contributed by atoms with Crippen LogP contribution in [-0.4, -0.2) is 15.4 Å². The Morgan fingerprint density at radius 2 is 1.67 bits per heavy atom. The minimum Gasteiger partial charge on any atom is -0.303 e. The molecule has 0 saturated carbocycles. The van der Waals surface area contributed by atoms with Gasteiger partial charge in [0, 0.05) is 0 Å². The lowest BCUT2D eigenvalue weighted by atomic mass is 9.91. The average Bonchev–Trinajstić information content (AvgIpc) is 2.15. The van der Waals surface area contributed by atoms with Gasteiger partial charge in [0.15, 0.2) is 0 Å². The molecule has 0 radical (unpaired) electrons. The van der Waals surface area contributed by atoms with Crippen LogP contribution in [0, 0.1) is 0 Å². The first-order valence-corrected chi connectivity index (χ1v) is 7.18. The summed E-state index contributed by atoms with van der Waals surface area (Å²) in [6, 6.07) is 0. The maximum atomic E-state index is 10.9. The van der Waals surface area contributed by atoms with Gasteiger partial charge in [0.2, 0.25) is 0 Å². The third kappa shape index (κ3) is 6.31. The van der Waals surface area contributed by atoms with Gasteiger partial charge in [-0.1, -0.05) is 40.0 Å². The summed E-state index contributed by atoms with van der Waals surface area (Å²) in [5.74, 6) is 0. The summed E-state index contributed by atoms with van der Waals surface area (Å²) >= 11 is 0. The predicted octanol–water partition coefficient (Wildman–Crippen LogP) is 3.23. The highest BCUT2D eigenvalue weighted by Crippen LogP contribution is 2.45. The smallest absolute Gasteiger partial charge is 0.303 e. The van der Waals surface area contributed by atoms with Gasteiger partial charge in [0.25, 0.3) is 0 Å². The van der Waals surface area contributed by atoms with Crippen molar-refractivity contribution in [3.8, 4) is 0 Å². The van der Waals surface area contributed by atoms with Crippen LogP contribution in [0.5, 0.6) is 0 Å². The Balaban J connectivity index is 4.37. The molecule has 2 N–H and O–H groups in total. The second-order valence-electron chi connectivity index (χ2n) is 3.93. The minimum absolute atomic E-state index is 0.637. The maximum absolute atomic E-state index is 10.9. The van der Waals surface area contributed by atoms with Crippen LogP contribution in [0.2, 0.25) is 0 Å². The van der Waals surface area contributed by atoms with Crippen LogP contribution >= 0.6 is 7.82 Å². The van der Waals surface area contributed by atoms with Gasteiger partial charge in [-0.15, -0.1) is 0 Å². The summed E-state index contributed by atoms with van der Waals surface area (Å²) in [5.41, 5.74) is -0.645. The highest BCUT2D eigenvalue weighted by Gasteiger charge is 2.34. The fourth-order valence-electron chi connectivity index (χ4n) is 1.73. The van der Waals surface area contributed by atoms with Gasteiger partial charge in [0.1, 0.15) is 0 Å². The molecule has 0 spiro atoms. The van der Waals surface area contributed by atoms with Crippen molar-refractivity contribution in [3.63, 3.8) is 0 Å². The van der Waals surface area contributed by atoms with Gasteiger partial charge in [-0.2, -0.15) is 0 Å². The molecule has 0 aromatic heterocycles. The summed E-state index contributed by atoms with van der Waals surface area (Å²) in [7, 11) is -4.37. The molecule has 0 aromatic carbocycles. The highest BCUT2D eigenvalue weighted by molar-refractivity contribution is 7.46. The monoisotopic (exact) mass is 238 g/mol. The molecule has 0 rings (SSSR count). The van der Waals surface area contributed by atoms with Gasteiger partial charge in [-0.05, 0) is 19.3 Å². The fraction of sp³-hybridized carbons (Fsp3) is 1.00. The number of unbranched alkanes of at least 4 members (excludes halogenated alkanes) is 2. The van der Waals surface area contributed by atoms with Crippen molar-refractivity contribution >= 4 is 7.82 Å². The number of rotatable bonds is 8. The van der Waals surface area contributed by atoms with E-state index in [0.717, 1.165) is 25.7 Å². The number of phosphoric acid groups is 1. The summed E-state index contributed by atoms with van der Waals surface area (Å²) in [5, 5.41) is 0. The van der Waals surface area contributed by atoms with Crippen LogP contribution in [0.1, 0.15) is 59.3 Å². The summed E-state index contributed by atoms with van der Waals surface area (Å²) in [4.78, 5) is 17.7. The van der Waals surface area contributed by atoms with Crippen LogP contribution in [0.15, 0.2) is 0 Å². The van der Waals surface area contributed by atoms with E-state index < -0.39 is 13.4 Å². The van der Waals surface area contributed by atoms with Crippen molar-refractivity contribution in [2.75, 3.05) is 0 Å². The van der Waals surface area contributed by atoms with E-state index in [1.54, 1.807) is 0 Å². The Bertz CT molecular complexity index is 207. The molecule has 0 fully saturated rings. The van der Waals surface area contributed by atoms with E-state index in [0.29, 0.717) is 12.8 Å². The Hall–Kier alpha value is 0.110. The van der Waals surface area contributed by atoms with Crippen molar-refractivity contribution in [2.45, 2.75) is 64.9 Å². The molecule has 5 heteroatoms. The van der Waals surface area contributed by atoms with Crippen molar-refractivity contribution in [2.24, 2.45) is 0 Å². The molecule has 4 nitrogen and oxygen atoms in total. The molecule has 0 amide bonds. The first-order valence-electron chi connectivity index (χ1n) is 5.65. The molecular weight excluding hydrogens is 215 g/mol. The molecule has 0 aliphatic heterocycles. The average molecular weight is 238 g/mol. The summed E-state index contributed by atoms with van der Waals surface area (Å²) in [6.45, 7) is 5.92. The molecule has 0 bridgehead atoms. The molecular formula is C10H23O4P. The summed E-state index contributed by atoms with van der Waals surface area (Å²) in [6.07, 6.45) is 5.12. The van der Waals surface area contributed by atoms with Crippen LogP contribution < -0.4 is 0 Å². The molecule has 0 heterocycles. The normalized spacial score (nSPS) is 13.1. The lowest BCUT2D eigenvalue weighted by Gasteiger charge is -2.31. The van der Waals surface area contributed by atoms with Gasteiger partial charge in [0.05, 0.1) is 5.60 Å². The predicted molar refractivity (Wildman–Crippen MR) is 60.6 cm³/mol. The van der Waals surface area contributed by atoms with E-state index in [1.807, 2.05) is 13.8 Å². The molecule has 0 atom stereocenters. The van der Waals surface area contributed by atoms with Crippen LogP contribution in [0.4, 0.5) is 0 Å². The zero-order valence-corrected chi connectivity index (χ0v) is 10.8. The third-order valence-electron chi connectivity index (χ3n) is 2.84. The first-order chi connectivity index (χ1) is 6.89. The van der Waals surface area contributed by atoms with Crippen LogP contribution in [0.3, 0.4) is 0 Å². The Labute approximate surface area is 92.3 Å². The first kappa shape index (κ1) is 15.1. The Kier molecular flexibility index (Phi) is 6.69. The molecule has 0 unspecified atom stereocenters. The standard InChI is InChI=1S/C10H23O4P/c1-4-7-8-9-10(5-2,6-3)14-15(11,12)13/h4-9H2,1-3H3,(H2,11,12,13). The van der Waals surface area contributed by atoms with Crippen molar-refractivity contribution in [3.05, 3.63) is 0 Å². The van der Waals surface area contributed by atoms with Crippen molar-refractivity contribution in [1.29, 1.82) is 0 Å². The number of phosphoric ester groups is 1. The Morgan fingerprint density at radius 3 is 2.00 bits per heavy atom. The lowest BCUT2D eigenvalue weighted by Crippen LogP contribution is -2.29. The topological polar surface area (TPSA) is 66.8 Å². The number of hydrogen-bond acceptors (Lipinski definition) is 2. The maximum Gasteiger partial charge on any atom is 0.470 e. The quantitative estimate of drug-likeness (QED) is 0.503. The highest BCUT2D eigenvalue weighted by atomic mass is 31.2. The zero-order valence-electron chi connectivity index (χ0n) is 9.90. The van der Waals surface area contributed by atoms with E-state index >= 15 is 0 Å². The van der Waals surface area contributed by atoms with E-state index in [1.165, 1.54) is 0 Å². The molecule has 0 aliphatic rings. The zero-order chi connectivity index (χ0) is 11.9. The van der Waals surface area contributed by atoms with E-state index in [9.17, 15) is 4.57 Å². The van der Waals surface area contributed by atoms with Gasteiger partial charge >= 0.3 is 7.82 Å². The van der Waals surface area contributed by atoms with Crippen LogP contribution in [-0.2, 0) is 9.09 Å². The second kappa shape index (κ2) is 6.64. The molecule has 0 aliphatic carbocycles. The minimum atomic E-state index is -4.37. The van der Waals surface area contributed by atoms with Gasteiger partial charge in [-0.25, -0.2) is 4.57 Å². The second-order valence-corrected chi connectivity index (χ2v) is 5.09. The van der Waals surface area contributed by atoms with Crippen LogP contribution in [0.25, 0.3) is 0 Å². The van der Waals surface area contributed by atoms with E-state index in [-0.39, 0.29) is 0 Å². The molecule has 0 saturated heterocycles. The largest absolute Gasteiger partial charge is 0.470 e. The number of hydrogen-bond donors (Lipinski definition) is 2. The fourth-order valence-corrected chi connectivity index (χ4v) is 2.58. The van der Waals surface area contributed by atoms with E-state index in [2.05, 4.69) is 6.92 Å². The van der Waals surface area contributed by atoms with Gasteiger partial charge in [-0.3, -0.25) is 4.52 Å². The SMILES string of the molecule is CCCCCC(CC)(CC)OP(=O)(O)O. The van der Waals surface area contributed by atoms with Crippen molar-refractivity contribution in [1.82, 2.24) is 0 Å². The Morgan fingerprint density at radius 1 is 1.13 bits per heavy atom. The lowest BCUT2D eigenvalue weighted by molar-refractivity contribution is 0.0174.